The molecule has 16 heavy (non-hydrogen) atoms. The number of benzene rings is 1. The van der Waals surface area contributed by atoms with E-state index in [0.717, 1.165) is 5.76 Å². The van der Waals surface area contributed by atoms with Gasteiger partial charge in [-0.05, 0) is 25.1 Å². The number of aliphatic hydroxyl groups excluding tert-OH is 1. The molecule has 0 aliphatic carbocycles. The lowest BCUT2D eigenvalue weighted by atomic mass is 10.1. The predicted octanol–water partition coefficient (Wildman–Crippen LogP) is 2.68. The highest BCUT2D eigenvalue weighted by atomic mass is 16.5. The highest BCUT2D eigenvalue weighted by Crippen LogP contribution is 2.30. The zero-order chi connectivity index (χ0) is 11.5. The summed E-state index contributed by atoms with van der Waals surface area (Å²) in [5, 5.41) is 10.1. The van der Waals surface area contributed by atoms with E-state index in [9.17, 15) is 5.11 Å². The molecule has 1 atom stereocenters. The van der Waals surface area contributed by atoms with E-state index >= 15 is 0 Å². The van der Waals surface area contributed by atoms with Crippen molar-refractivity contribution in [1.82, 2.24) is 0 Å². The number of furan rings is 1. The second-order valence-corrected chi connectivity index (χ2v) is 3.59. The lowest BCUT2D eigenvalue weighted by molar-refractivity contribution is 0.183. The van der Waals surface area contributed by atoms with Crippen molar-refractivity contribution < 1.29 is 14.3 Å². The number of para-hydroxylation sites is 1. The number of aliphatic hydroxyl groups is 1. The summed E-state index contributed by atoms with van der Waals surface area (Å²) in [4.78, 5) is 0. The third-order valence-corrected chi connectivity index (χ3v) is 2.46. The third kappa shape index (κ3) is 1.95. The molecule has 0 unspecified atom stereocenters. The zero-order valence-electron chi connectivity index (χ0n) is 9.31. The highest BCUT2D eigenvalue weighted by Gasteiger charge is 2.17. The van der Waals surface area contributed by atoms with Gasteiger partial charge in [0.2, 0.25) is 0 Å². The molecule has 3 nitrogen and oxygen atoms in total. The van der Waals surface area contributed by atoms with E-state index < -0.39 is 6.10 Å². The summed E-state index contributed by atoms with van der Waals surface area (Å²) in [5.74, 6) is 1.97. The number of aryl methyl sites for hydroxylation is 1. The molecule has 0 saturated heterocycles. The lowest BCUT2D eigenvalue weighted by Crippen LogP contribution is -2.00. The topological polar surface area (TPSA) is 42.6 Å². The van der Waals surface area contributed by atoms with Crippen LogP contribution in [0.2, 0.25) is 0 Å². The van der Waals surface area contributed by atoms with Crippen LogP contribution in [0.5, 0.6) is 5.75 Å². The fourth-order valence-electron chi connectivity index (χ4n) is 1.65. The standard InChI is InChI=1S/C13H14O3/c1-9-7-8-12(16-9)13(14)10-5-3-4-6-11(10)15-2/h3-8,13-14H,1-2H3/t13-/m1/s1. The largest absolute Gasteiger partial charge is 0.496 e. The smallest absolute Gasteiger partial charge is 0.140 e. The Morgan fingerprint density at radius 3 is 2.56 bits per heavy atom. The van der Waals surface area contributed by atoms with E-state index in [1.165, 1.54) is 0 Å². The van der Waals surface area contributed by atoms with Gasteiger partial charge in [-0.25, -0.2) is 0 Å². The van der Waals surface area contributed by atoms with Crippen LogP contribution in [-0.4, -0.2) is 12.2 Å². The minimum atomic E-state index is -0.787. The van der Waals surface area contributed by atoms with E-state index in [2.05, 4.69) is 0 Å². The van der Waals surface area contributed by atoms with Gasteiger partial charge in [-0.15, -0.1) is 0 Å². The second kappa shape index (κ2) is 4.41. The summed E-state index contributed by atoms with van der Waals surface area (Å²) >= 11 is 0. The molecule has 0 fully saturated rings. The van der Waals surface area contributed by atoms with Gasteiger partial charge in [-0.1, -0.05) is 18.2 Å². The van der Waals surface area contributed by atoms with Crippen molar-refractivity contribution in [3.63, 3.8) is 0 Å². The first-order valence-electron chi connectivity index (χ1n) is 5.09. The first-order chi connectivity index (χ1) is 7.72. The molecule has 1 aromatic heterocycles. The van der Waals surface area contributed by atoms with Crippen molar-refractivity contribution in [3.05, 3.63) is 53.5 Å². The Morgan fingerprint density at radius 2 is 1.94 bits per heavy atom. The fourth-order valence-corrected chi connectivity index (χ4v) is 1.65. The van der Waals surface area contributed by atoms with Gasteiger partial charge < -0.3 is 14.3 Å². The van der Waals surface area contributed by atoms with Crippen LogP contribution < -0.4 is 4.74 Å². The molecule has 1 N–H and O–H groups in total. The van der Waals surface area contributed by atoms with E-state index in [4.69, 9.17) is 9.15 Å². The van der Waals surface area contributed by atoms with Gasteiger partial charge in [-0.2, -0.15) is 0 Å². The van der Waals surface area contributed by atoms with Crippen LogP contribution in [0, 0.1) is 6.92 Å². The molecular weight excluding hydrogens is 204 g/mol. The molecule has 3 heteroatoms. The SMILES string of the molecule is COc1ccccc1[C@@H](O)c1ccc(C)o1. The number of ether oxygens (including phenoxy) is 1. The van der Waals surface area contributed by atoms with E-state index in [1.807, 2.05) is 37.3 Å². The number of hydrogen-bond donors (Lipinski definition) is 1. The van der Waals surface area contributed by atoms with Gasteiger partial charge in [0.05, 0.1) is 7.11 Å². The summed E-state index contributed by atoms with van der Waals surface area (Å²) < 4.78 is 10.6. The van der Waals surface area contributed by atoms with Crippen molar-refractivity contribution in [2.45, 2.75) is 13.0 Å². The van der Waals surface area contributed by atoms with Gasteiger partial charge in [0.15, 0.2) is 0 Å². The van der Waals surface area contributed by atoms with Crippen LogP contribution >= 0.6 is 0 Å². The molecule has 0 radical (unpaired) electrons. The summed E-state index contributed by atoms with van der Waals surface area (Å²) in [7, 11) is 1.58. The molecule has 0 aliphatic rings. The van der Waals surface area contributed by atoms with Crippen LogP contribution in [0.15, 0.2) is 40.8 Å². The zero-order valence-corrected chi connectivity index (χ0v) is 9.31. The molecule has 2 aromatic rings. The maximum Gasteiger partial charge on any atom is 0.140 e. The number of hydrogen-bond acceptors (Lipinski definition) is 3. The van der Waals surface area contributed by atoms with Gasteiger partial charge in [0.1, 0.15) is 23.4 Å². The lowest BCUT2D eigenvalue weighted by Gasteiger charge is -2.12. The normalized spacial score (nSPS) is 12.4. The minimum Gasteiger partial charge on any atom is -0.496 e. The summed E-state index contributed by atoms with van der Waals surface area (Å²) in [6.07, 6.45) is -0.787. The van der Waals surface area contributed by atoms with Crippen LogP contribution in [0.1, 0.15) is 23.2 Å². The Bertz CT molecular complexity index is 474. The van der Waals surface area contributed by atoms with Gasteiger partial charge >= 0.3 is 0 Å². The number of rotatable bonds is 3. The fraction of sp³-hybridized carbons (Fsp3) is 0.231. The molecule has 1 aromatic carbocycles. The van der Waals surface area contributed by atoms with Crippen LogP contribution in [-0.2, 0) is 0 Å². The third-order valence-electron chi connectivity index (χ3n) is 2.46. The Hall–Kier alpha value is -1.74. The molecule has 84 valence electrons. The Morgan fingerprint density at radius 1 is 1.19 bits per heavy atom. The van der Waals surface area contributed by atoms with Gasteiger partial charge in [0.25, 0.3) is 0 Å². The minimum absolute atomic E-state index is 0.530. The molecule has 0 saturated carbocycles. The van der Waals surface area contributed by atoms with Gasteiger partial charge in [0, 0.05) is 5.56 Å². The maximum absolute atomic E-state index is 10.1. The predicted molar refractivity (Wildman–Crippen MR) is 60.5 cm³/mol. The van der Waals surface area contributed by atoms with Crippen LogP contribution in [0.3, 0.4) is 0 Å². The maximum atomic E-state index is 10.1. The van der Waals surface area contributed by atoms with E-state index in [0.29, 0.717) is 17.1 Å². The van der Waals surface area contributed by atoms with Crippen molar-refractivity contribution in [3.8, 4) is 5.75 Å². The Kier molecular flexibility index (Phi) is 2.97. The molecule has 1 heterocycles. The summed E-state index contributed by atoms with van der Waals surface area (Å²) in [6, 6.07) is 11.0. The molecule has 0 amide bonds. The van der Waals surface area contributed by atoms with E-state index in [-0.39, 0.29) is 0 Å². The van der Waals surface area contributed by atoms with Crippen molar-refractivity contribution in [2.24, 2.45) is 0 Å². The quantitative estimate of drug-likeness (QED) is 0.861. The average molecular weight is 218 g/mol. The molecule has 0 aliphatic heterocycles. The Balaban J connectivity index is 2.36. The molecule has 0 bridgehead atoms. The van der Waals surface area contributed by atoms with Crippen LogP contribution in [0.4, 0.5) is 0 Å². The summed E-state index contributed by atoms with van der Waals surface area (Å²) in [6.45, 7) is 1.85. The first-order valence-corrected chi connectivity index (χ1v) is 5.09. The molecule has 0 spiro atoms. The monoisotopic (exact) mass is 218 g/mol. The van der Waals surface area contributed by atoms with Crippen molar-refractivity contribution >= 4 is 0 Å². The molecule has 2 rings (SSSR count). The van der Waals surface area contributed by atoms with E-state index in [1.54, 1.807) is 13.2 Å². The van der Waals surface area contributed by atoms with Crippen molar-refractivity contribution in [1.29, 1.82) is 0 Å². The average Bonchev–Trinajstić information content (AvgIpc) is 2.75. The summed E-state index contributed by atoms with van der Waals surface area (Å²) in [5.41, 5.74) is 0.708. The van der Waals surface area contributed by atoms with Gasteiger partial charge in [-0.3, -0.25) is 0 Å². The van der Waals surface area contributed by atoms with Crippen LogP contribution in [0.25, 0.3) is 0 Å². The first kappa shape index (κ1) is 10.8. The van der Waals surface area contributed by atoms with Crippen molar-refractivity contribution in [2.75, 3.05) is 7.11 Å². The molecular formula is C13H14O3. The highest BCUT2D eigenvalue weighted by molar-refractivity contribution is 5.38. The Labute approximate surface area is 94.3 Å². The second-order valence-electron chi connectivity index (χ2n) is 3.59. The number of methoxy groups -OCH3 is 1.